The molecule has 0 N–H and O–H groups in total. The molecule has 1 aromatic carbocycles. The molecule has 2 atom stereocenters. The Bertz CT molecular complexity index is 468. The zero-order chi connectivity index (χ0) is 9.54. The molecule has 3 nitrogen and oxygen atoms in total. The van der Waals surface area contributed by atoms with Gasteiger partial charge in [-0.2, -0.15) is 0 Å². The van der Waals surface area contributed by atoms with Crippen molar-refractivity contribution in [3.05, 3.63) is 23.7 Å². The summed E-state index contributed by atoms with van der Waals surface area (Å²) < 4.78 is 11.9. The van der Waals surface area contributed by atoms with E-state index >= 15 is 0 Å². The highest BCUT2D eigenvalue weighted by Gasteiger charge is 2.36. The summed E-state index contributed by atoms with van der Waals surface area (Å²) in [7, 11) is 0. The lowest BCUT2D eigenvalue weighted by atomic mass is 10.3. The van der Waals surface area contributed by atoms with Crippen molar-refractivity contribution >= 4 is 21.6 Å². The maximum absolute atomic E-state index is 5.57. The van der Waals surface area contributed by atoms with Crippen LogP contribution in [0.2, 0.25) is 0 Å². The summed E-state index contributed by atoms with van der Waals surface area (Å²) in [5.74, 6) is 0.858. The lowest BCUT2D eigenvalue weighted by molar-refractivity contribution is 0.179. The molecule has 1 aliphatic rings. The van der Waals surface area contributed by atoms with Crippen molar-refractivity contribution in [2.45, 2.75) is 19.3 Å². The monoisotopic (exact) mass is 207 g/mol. The van der Waals surface area contributed by atoms with E-state index in [-0.39, 0.29) is 12.4 Å². The number of rotatable bonds is 2. The van der Waals surface area contributed by atoms with E-state index in [9.17, 15) is 0 Å². The summed E-state index contributed by atoms with van der Waals surface area (Å²) in [6.45, 7) is 2.00. The standard InChI is InChI=1S/C10H9NO2S/c1-6-10(12-6)13-7-2-3-8-9(4-7)14-5-11-8/h2-6,10H,1H3/t6-,10-/m0/s1. The summed E-state index contributed by atoms with van der Waals surface area (Å²) in [4.78, 5) is 4.20. The van der Waals surface area contributed by atoms with E-state index < -0.39 is 0 Å². The highest BCUT2D eigenvalue weighted by atomic mass is 32.1. The van der Waals surface area contributed by atoms with Crippen LogP contribution in [-0.2, 0) is 4.74 Å². The van der Waals surface area contributed by atoms with Gasteiger partial charge in [0.15, 0.2) is 0 Å². The van der Waals surface area contributed by atoms with Gasteiger partial charge in [0.25, 0.3) is 0 Å². The Labute approximate surface area is 85.3 Å². The van der Waals surface area contributed by atoms with Gasteiger partial charge in [0.1, 0.15) is 11.9 Å². The number of thiazole rings is 1. The van der Waals surface area contributed by atoms with E-state index in [2.05, 4.69) is 4.98 Å². The van der Waals surface area contributed by atoms with Gasteiger partial charge < -0.3 is 9.47 Å². The summed E-state index contributed by atoms with van der Waals surface area (Å²) in [5, 5.41) is 0. The Kier molecular flexibility index (Phi) is 1.72. The van der Waals surface area contributed by atoms with Gasteiger partial charge >= 0.3 is 0 Å². The Morgan fingerprint density at radius 3 is 3.14 bits per heavy atom. The maximum Gasteiger partial charge on any atom is 0.226 e. The van der Waals surface area contributed by atoms with Crippen LogP contribution < -0.4 is 4.74 Å². The van der Waals surface area contributed by atoms with Gasteiger partial charge in [-0.3, -0.25) is 0 Å². The first-order valence-electron chi connectivity index (χ1n) is 4.48. The van der Waals surface area contributed by atoms with Crippen LogP contribution in [0.25, 0.3) is 10.2 Å². The van der Waals surface area contributed by atoms with Crippen molar-refractivity contribution in [2.75, 3.05) is 0 Å². The van der Waals surface area contributed by atoms with E-state index in [1.807, 2.05) is 30.6 Å². The SMILES string of the molecule is C[C@@H]1O[C@H]1Oc1ccc2ncsc2c1. The molecule has 0 spiro atoms. The normalized spacial score (nSPS) is 25.2. The molecule has 0 aliphatic carbocycles. The van der Waals surface area contributed by atoms with Crippen molar-refractivity contribution in [3.8, 4) is 5.75 Å². The second-order valence-electron chi connectivity index (χ2n) is 3.31. The highest BCUT2D eigenvalue weighted by molar-refractivity contribution is 7.16. The molecular weight excluding hydrogens is 198 g/mol. The average molecular weight is 207 g/mol. The number of benzene rings is 1. The number of ether oxygens (including phenoxy) is 2. The molecule has 0 bridgehead atoms. The fourth-order valence-corrected chi connectivity index (χ4v) is 2.04. The van der Waals surface area contributed by atoms with Crippen molar-refractivity contribution < 1.29 is 9.47 Å². The van der Waals surface area contributed by atoms with Crippen LogP contribution in [0.5, 0.6) is 5.75 Å². The quantitative estimate of drug-likeness (QED) is 0.709. The molecule has 14 heavy (non-hydrogen) atoms. The number of hydrogen-bond acceptors (Lipinski definition) is 4. The summed E-state index contributed by atoms with van der Waals surface area (Å²) >= 11 is 1.62. The van der Waals surface area contributed by atoms with Gasteiger partial charge in [-0.15, -0.1) is 11.3 Å². The lowest BCUT2D eigenvalue weighted by Gasteiger charge is -2.01. The van der Waals surface area contributed by atoms with Gasteiger partial charge in [0.05, 0.1) is 15.7 Å². The fourth-order valence-electron chi connectivity index (χ4n) is 1.33. The second-order valence-corrected chi connectivity index (χ2v) is 4.20. The first-order valence-corrected chi connectivity index (χ1v) is 5.36. The first kappa shape index (κ1) is 8.20. The highest BCUT2D eigenvalue weighted by Crippen LogP contribution is 2.28. The van der Waals surface area contributed by atoms with Crippen LogP contribution in [0, 0.1) is 0 Å². The molecule has 0 radical (unpaired) electrons. The average Bonchev–Trinajstić information content (AvgIpc) is 2.70. The van der Waals surface area contributed by atoms with E-state index in [1.54, 1.807) is 11.3 Å². The molecule has 0 saturated carbocycles. The molecule has 1 aliphatic heterocycles. The van der Waals surface area contributed by atoms with Crippen molar-refractivity contribution in [1.82, 2.24) is 4.98 Å². The molecule has 0 amide bonds. The third-order valence-electron chi connectivity index (χ3n) is 2.21. The molecule has 3 rings (SSSR count). The van der Waals surface area contributed by atoms with Gasteiger partial charge in [-0.05, 0) is 25.1 Å². The van der Waals surface area contributed by atoms with E-state index in [4.69, 9.17) is 9.47 Å². The molecule has 72 valence electrons. The Balaban J connectivity index is 1.89. The Morgan fingerprint density at radius 2 is 2.36 bits per heavy atom. The minimum Gasteiger partial charge on any atom is -0.462 e. The third-order valence-corrected chi connectivity index (χ3v) is 3.00. The predicted molar refractivity (Wildman–Crippen MR) is 54.6 cm³/mol. The van der Waals surface area contributed by atoms with Crippen molar-refractivity contribution in [2.24, 2.45) is 0 Å². The number of hydrogen-bond donors (Lipinski definition) is 0. The molecule has 2 aromatic rings. The van der Waals surface area contributed by atoms with Gasteiger partial charge in [0.2, 0.25) is 6.29 Å². The molecule has 1 saturated heterocycles. The van der Waals surface area contributed by atoms with E-state index in [1.165, 1.54) is 0 Å². The number of epoxide rings is 1. The Morgan fingerprint density at radius 1 is 1.50 bits per heavy atom. The number of aromatic nitrogens is 1. The molecule has 0 unspecified atom stereocenters. The van der Waals surface area contributed by atoms with Crippen molar-refractivity contribution in [3.63, 3.8) is 0 Å². The van der Waals surface area contributed by atoms with Gasteiger partial charge in [-0.25, -0.2) is 4.98 Å². The second kappa shape index (κ2) is 2.93. The molecule has 1 fully saturated rings. The topological polar surface area (TPSA) is 34.6 Å². The number of nitrogens with zero attached hydrogens (tertiary/aromatic N) is 1. The van der Waals surface area contributed by atoms with Crippen LogP contribution in [0.15, 0.2) is 23.7 Å². The molecule has 2 heterocycles. The van der Waals surface area contributed by atoms with E-state index in [0.29, 0.717) is 0 Å². The van der Waals surface area contributed by atoms with Gasteiger partial charge in [0, 0.05) is 0 Å². The number of fused-ring (bicyclic) bond motifs is 1. The fraction of sp³-hybridized carbons (Fsp3) is 0.300. The first-order chi connectivity index (χ1) is 6.83. The maximum atomic E-state index is 5.57. The summed E-state index contributed by atoms with van der Waals surface area (Å²) in [5.41, 5.74) is 2.86. The minimum atomic E-state index is -0.0552. The minimum absolute atomic E-state index is 0.0552. The van der Waals surface area contributed by atoms with Crippen LogP contribution in [0.4, 0.5) is 0 Å². The zero-order valence-corrected chi connectivity index (χ0v) is 8.45. The summed E-state index contributed by atoms with van der Waals surface area (Å²) in [6.07, 6.45) is 0.174. The Hall–Kier alpha value is -1.13. The third kappa shape index (κ3) is 1.36. The molecule has 1 aromatic heterocycles. The van der Waals surface area contributed by atoms with Crippen LogP contribution in [0.1, 0.15) is 6.92 Å². The largest absolute Gasteiger partial charge is 0.462 e. The predicted octanol–water partition coefficient (Wildman–Crippen LogP) is 2.42. The van der Waals surface area contributed by atoms with Crippen LogP contribution in [-0.4, -0.2) is 17.4 Å². The smallest absolute Gasteiger partial charge is 0.226 e. The van der Waals surface area contributed by atoms with Crippen molar-refractivity contribution in [1.29, 1.82) is 0 Å². The van der Waals surface area contributed by atoms with Gasteiger partial charge in [-0.1, -0.05) is 0 Å². The van der Waals surface area contributed by atoms with E-state index in [0.717, 1.165) is 16.0 Å². The van der Waals surface area contributed by atoms with Crippen LogP contribution in [0.3, 0.4) is 0 Å². The summed E-state index contributed by atoms with van der Waals surface area (Å²) in [6, 6.07) is 5.89. The zero-order valence-electron chi connectivity index (χ0n) is 7.64. The molecular formula is C10H9NO2S. The lowest BCUT2D eigenvalue weighted by Crippen LogP contribution is -2.00. The van der Waals surface area contributed by atoms with Crippen LogP contribution >= 0.6 is 11.3 Å². The molecule has 4 heteroatoms.